The van der Waals surface area contributed by atoms with Gasteiger partial charge in [-0.2, -0.15) is 0 Å². The number of carbonyl (C=O) groups excluding carboxylic acids is 2. The Kier molecular flexibility index (Phi) is 9.37. The molecule has 2 aromatic carbocycles. The quantitative estimate of drug-likeness (QED) is 0.493. The van der Waals surface area contributed by atoms with Crippen LogP contribution in [0.5, 0.6) is 11.5 Å². The van der Waals surface area contributed by atoms with Gasteiger partial charge < -0.3 is 20.1 Å². The zero-order valence-electron chi connectivity index (χ0n) is 16.2. The van der Waals surface area contributed by atoms with E-state index in [4.69, 9.17) is 55.9 Å². The minimum Gasteiger partial charge on any atom is -0.479 e. The van der Waals surface area contributed by atoms with Gasteiger partial charge in [-0.25, -0.2) is 0 Å². The molecule has 0 aromatic heterocycles. The van der Waals surface area contributed by atoms with E-state index in [0.29, 0.717) is 31.6 Å². The fourth-order valence-corrected chi connectivity index (χ4v) is 3.19. The largest absolute Gasteiger partial charge is 0.479 e. The molecule has 0 spiro atoms. The van der Waals surface area contributed by atoms with Crippen LogP contribution in [0.25, 0.3) is 0 Å². The van der Waals surface area contributed by atoms with Crippen molar-refractivity contribution in [2.24, 2.45) is 0 Å². The molecule has 0 aliphatic carbocycles. The van der Waals surface area contributed by atoms with Crippen LogP contribution in [0, 0.1) is 0 Å². The molecule has 0 heterocycles. The van der Waals surface area contributed by atoms with Crippen LogP contribution < -0.4 is 20.1 Å². The highest BCUT2D eigenvalue weighted by Crippen LogP contribution is 2.29. The monoisotopic (exact) mass is 492 g/mol. The summed E-state index contributed by atoms with van der Waals surface area (Å²) in [6, 6.07) is 9.46. The molecule has 162 valence electrons. The van der Waals surface area contributed by atoms with Gasteiger partial charge in [0.25, 0.3) is 11.8 Å². The number of carbonyl (C=O) groups is 2. The second kappa shape index (κ2) is 11.5. The predicted octanol–water partition coefficient (Wildman–Crippen LogP) is 4.77. The van der Waals surface area contributed by atoms with Crippen LogP contribution in [-0.2, 0) is 9.59 Å². The van der Waals surface area contributed by atoms with Crippen LogP contribution in [0.3, 0.4) is 0 Å². The van der Waals surface area contributed by atoms with Crippen molar-refractivity contribution in [2.45, 2.75) is 26.1 Å². The van der Waals surface area contributed by atoms with Gasteiger partial charge in [-0.1, -0.05) is 46.4 Å². The smallest absolute Gasteiger partial charge is 0.260 e. The number of hydrogen-bond donors (Lipinski definition) is 2. The van der Waals surface area contributed by atoms with Crippen molar-refractivity contribution in [3.05, 3.63) is 56.5 Å². The number of hydrogen-bond acceptors (Lipinski definition) is 4. The minimum absolute atomic E-state index is 0.209. The fourth-order valence-electron chi connectivity index (χ4n) is 2.29. The highest BCUT2D eigenvalue weighted by molar-refractivity contribution is 6.36. The maximum Gasteiger partial charge on any atom is 0.260 e. The van der Waals surface area contributed by atoms with Gasteiger partial charge in [-0.3, -0.25) is 9.59 Å². The van der Waals surface area contributed by atoms with Crippen LogP contribution >= 0.6 is 46.4 Å². The van der Waals surface area contributed by atoms with Crippen LogP contribution in [0.15, 0.2) is 36.4 Å². The van der Waals surface area contributed by atoms with Crippen molar-refractivity contribution < 1.29 is 19.1 Å². The van der Waals surface area contributed by atoms with E-state index in [0.717, 1.165) is 0 Å². The SMILES string of the molecule is C[C@H](Oc1ccc(Cl)cc1Cl)C(=O)NCCNC(=O)[C@H](C)Oc1ccc(Cl)cc1Cl. The summed E-state index contributed by atoms with van der Waals surface area (Å²) in [5.41, 5.74) is 0. The highest BCUT2D eigenvalue weighted by atomic mass is 35.5. The number of amides is 2. The van der Waals surface area contributed by atoms with E-state index in [-0.39, 0.29) is 24.9 Å². The summed E-state index contributed by atoms with van der Waals surface area (Å²) in [5.74, 6) is -0.00673. The molecule has 0 aliphatic heterocycles. The average molecular weight is 494 g/mol. The van der Waals surface area contributed by atoms with Gasteiger partial charge in [0, 0.05) is 23.1 Å². The first kappa shape index (κ1) is 24.4. The molecule has 0 saturated carbocycles. The minimum atomic E-state index is -0.784. The van der Waals surface area contributed by atoms with Crippen molar-refractivity contribution in [1.82, 2.24) is 10.6 Å². The Hall–Kier alpha value is -1.86. The van der Waals surface area contributed by atoms with Crippen molar-refractivity contribution in [3.8, 4) is 11.5 Å². The zero-order chi connectivity index (χ0) is 22.3. The van der Waals surface area contributed by atoms with E-state index in [1.165, 1.54) is 12.1 Å². The summed E-state index contributed by atoms with van der Waals surface area (Å²) < 4.78 is 11.1. The standard InChI is InChI=1S/C20H20Cl4N2O4/c1-11(29-17-5-3-13(21)9-15(17)23)19(27)25-7-8-26-20(28)12(2)30-18-6-4-14(22)10-16(18)24/h3-6,9-12H,7-8H2,1-2H3,(H,25,27)(H,26,28)/t11-,12-/m0/s1. The number of nitrogens with one attached hydrogen (secondary N) is 2. The van der Waals surface area contributed by atoms with E-state index in [2.05, 4.69) is 10.6 Å². The highest BCUT2D eigenvalue weighted by Gasteiger charge is 2.18. The second-order valence-electron chi connectivity index (χ2n) is 6.25. The number of halogens is 4. The van der Waals surface area contributed by atoms with Gasteiger partial charge >= 0.3 is 0 Å². The molecule has 2 N–H and O–H groups in total. The fraction of sp³-hybridized carbons (Fsp3) is 0.300. The molecule has 0 aliphatic rings. The predicted molar refractivity (Wildman–Crippen MR) is 119 cm³/mol. The summed E-state index contributed by atoms with van der Waals surface area (Å²) in [4.78, 5) is 24.3. The normalized spacial score (nSPS) is 12.6. The first-order valence-corrected chi connectivity index (χ1v) is 10.5. The molecule has 2 rings (SSSR count). The van der Waals surface area contributed by atoms with Gasteiger partial charge in [-0.15, -0.1) is 0 Å². The topological polar surface area (TPSA) is 76.7 Å². The van der Waals surface area contributed by atoms with E-state index < -0.39 is 12.2 Å². The van der Waals surface area contributed by atoms with Gasteiger partial charge in [0.05, 0.1) is 10.0 Å². The van der Waals surface area contributed by atoms with Crippen LogP contribution in [0.1, 0.15) is 13.8 Å². The van der Waals surface area contributed by atoms with Gasteiger partial charge in [0.15, 0.2) is 12.2 Å². The lowest BCUT2D eigenvalue weighted by molar-refractivity contribution is -0.129. The number of ether oxygens (including phenoxy) is 2. The second-order valence-corrected chi connectivity index (χ2v) is 7.94. The molecule has 0 bridgehead atoms. The first-order valence-electron chi connectivity index (χ1n) is 8.96. The Labute approximate surface area is 194 Å². The third-order valence-corrected chi connectivity index (χ3v) is 4.92. The van der Waals surface area contributed by atoms with Gasteiger partial charge in [0.1, 0.15) is 11.5 Å². The summed E-state index contributed by atoms with van der Waals surface area (Å²) in [5, 5.41) is 6.89. The third kappa shape index (κ3) is 7.43. The summed E-state index contributed by atoms with van der Waals surface area (Å²) in [6.07, 6.45) is -1.57. The molecule has 2 atom stereocenters. The van der Waals surface area contributed by atoms with Crippen molar-refractivity contribution in [2.75, 3.05) is 13.1 Å². The van der Waals surface area contributed by atoms with Crippen LogP contribution in [0.2, 0.25) is 20.1 Å². The molecule has 0 fully saturated rings. The number of rotatable bonds is 9. The Balaban J connectivity index is 1.72. The first-order chi connectivity index (χ1) is 14.2. The van der Waals surface area contributed by atoms with E-state index in [1.807, 2.05) is 0 Å². The van der Waals surface area contributed by atoms with Gasteiger partial charge in [-0.05, 0) is 50.2 Å². The molecular formula is C20H20Cl4N2O4. The molecule has 2 amide bonds. The Morgan fingerprint density at radius 1 is 0.767 bits per heavy atom. The Morgan fingerprint density at radius 2 is 1.13 bits per heavy atom. The van der Waals surface area contributed by atoms with Crippen molar-refractivity contribution >= 4 is 58.2 Å². The van der Waals surface area contributed by atoms with E-state index >= 15 is 0 Å². The molecular weight excluding hydrogens is 474 g/mol. The molecule has 30 heavy (non-hydrogen) atoms. The lowest BCUT2D eigenvalue weighted by Crippen LogP contribution is -2.43. The third-order valence-electron chi connectivity index (χ3n) is 3.86. The molecule has 0 saturated heterocycles. The number of benzene rings is 2. The summed E-state index contributed by atoms with van der Waals surface area (Å²) >= 11 is 23.7. The molecule has 2 aromatic rings. The van der Waals surface area contributed by atoms with Crippen LogP contribution in [0.4, 0.5) is 0 Å². The molecule has 10 heteroatoms. The zero-order valence-corrected chi connectivity index (χ0v) is 19.2. The molecule has 0 unspecified atom stereocenters. The van der Waals surface area contributed by atoms with Gasteiger partial charge in [0.2, 0.25) is 0 Å². The van der Waals surface area contributed by atoms with E-state index in [9.17, 15) is 9.59 Å². The molecule has 6 nitrogen and oxygen atoms in total. The maximum absolute atomic E-state index is 12.1. The Bertz CT molecular complexity index is 837. The van der Waals surface area contributed by atoms with E-state index in [1.54, 1.807) is 38.1 Å². The maximum atomic E-state index is 12.1. The lowest BCUT2D eigenvalue weighted by Gasteiger charge is -2.17. The summed E-state index contributed by atoms with van der Waals surface area (Å²) in [7, 11) is 0. The summed E-state index contributed by atoms with van der Waals surface area (Å²) in [6.45, 7) is 3.59. The Morgan fingerprint density at radius 3 is 1.47 bits per heavy atom. The van der Waals surface area contributed by atoms with Crippen LogP contribution in [-0.4, -0.2) is 37.1 Å². The average Bonchev–Trinajstić information content (AvgIpc) is 2.68. The van der Waals surface area contributed by atoms with Crippen molar-refractivity contribution in [3.63, 3.8) is 0 Å². The van der Waals surface area contributed by atoms with Crippen molar-refractivity contribution in [1.29, 1.82) is 0 Å². The molecule has 0 radical (unpaired) electrons. The lowest BCUT2D eigenvalue weighted by atomic mass is 10.3.